The molecule has 1 saturated carbocycles. The number of ether oxygens (including phenoxy) is 5. The maximum atomic E-state index is 14.5. The van der Waals surface area contributed by atoms with E-state index in [2.05, 4.69) is 15.5 Å². The van der Waals surface area contributed by atoms with Crippen molar-refractivity contribution in [2.24, 2.45) is 29.6 Å². The predicted octanol–water partition coefficient (Wildman–Crippen LogP) is 5.80. The normalized spacial score (nSPS) is 36.8. The lowest BCUT2D eigenvalue weighted by molar-refractivity contribution is -0.265. The first kappa shape index (κ1) is 54.7. The van der Waals surface area contributed by atoms with Gasteiger partial charge in [-0.25, -0.2) is 9.48 Å². The number of Topliss-reactive ketones (excluding diaryl/α,β-unsaturated/α-hetero) is 3. The average Bonchev–Trinajstić information content (AvgIpc) is 3.88. The van der Waals surface area contributed by atoms with Gasteiger partial charge in [0.15, 0.2) is 5.78 Å². The molecule has 2 N–H and O–H groups in total. The van der Waals surface area contributed by atoms with E-state index in [1.165, 1.54) is 12.0 Å². The van der Waals surface area contributed by atoms with E-state index in [4.69, 9.17) is 23.7 Å². The average molecular weight is 952 g/mol. The van der Waals surface area contributed by atoms with Crippen molar-refractivity contribution in [2.75, 3.05) is 27.9 Å². The molecular weight excluding hydrogens is 875 g/mol. The number of tetrazole rings is 1. The fourth-order valence-corrected chi connectivity index (χ4v) is 10.4. The summed E-state index contributed by atoms with van der Waals surface area (Å²) >= 11 is 0. The highest BCUT2D eigenvalue weighted by molar-refractivity contribution is 6.39. The summed E-state index contributed by atoms with van der Waals surface area (Å²) in [6.45, 7) is 10.8. The fraction of sp³-hybridized carbons (Fsp3) is 0.725. The number of aromatic nitrogens is 4. The molecule has 17 heteroatoms. The number of carbonyl (C=O) groups excluding carboxylic acids is 5. The monoisotopic (exact) mass is 952 g/mol. The smallest absolute Gasteiger partial charge is 0.329 e. The first-order valence-corrected chi connectivity index (χ1v) is 24.6. The van der Waals surface area contributed by atoms with Crippen LogP contribution in [0.5, 0.6) is 0 Å². The molecule has 6 unspecified atom stereocenters. The van der Waals surface area contributed by atoms with Crippen molar-refractivity contribution >= 4 is 29.2 Å². The van der Waals surface area contributed by atoms with Gasteiger partial charge in [0, 0.05) is 58.5 Å². The van der Waals surface area contributed by atoms with Crippen LogP contribution in [0.2, 0.25) is 0 Å². The molecule has 0 spiro atoms. The van der Waals surface area contributed by atoms with Gasteiger partial charge in [0.05, 0.1) is 24.4 Å². The number of cyclic esters (lactones) is 1. The van der Waals surface area contributed by atoms with Gasteiger partial charge < -0.3 is 38.8 Å². The van der Waals surface area contributed by atoms with Gasteiger partial charge in [-0.2, -0.15) is 0 Å². The molecule has 1 aromatic heterocycles. The number of nitrogens with zero attached hydrogens (tertiary/aromatic N) is 5. The van der Waals surface area contributed by atoms with E-state index in [0.717, 1.165) is 18.4 Å². The molecule has 14 atom stereocenters. The summed E-state index contributed by atoms with van der Waals surface area (Å²) in [6, 6.07) is -1.19. The van der Waals surface area contributed by atoms with E-state index in [-0.39, 0.29) is 54.9 Å². The number of aliphatic hydroxyl groups is 2. The third kappa shape index (κ3) is 13.7. The maximum absolute atomic E-state index is 14.5. The van der Waals surface area contributed by atoms with Crippen molar-refractivity contribution in [1.82, 2.24) is 25.1 Å². The van der Waals surface area contributed by atoms with Crippen LogP contribution in [0.4, 0.5) is 0 Å². The van der Waals surface area contributed by atoms with E-state index in [1.54, 1.807) is 52.1 Å². The van der Waals surface area contributed by atoms with Crippen LogP contribution in [0.3, 0.4) is 0 Å². The molecular formula is C51H77N5O12. The van der Waals surface area contributed by atoms with Gasteiger partial charge in [0.1, 0.15) is 36.5 Å². The number of piperidine rings is 1. The zero-order valence-corrected chi connectivity index (χ0v) is 41.7. The van der Waals surface area contributed by atoms with Crippen LogP contribution in [0.15, 0.2) is 53.9 Å². The van der Waals surface area contributed by atoms with Crippen LogP contribution in [0.25, 0.3) is 0 Å². The van der Waals surface area contributed by atoms with Crippen molar-refractivity contribution in [3.63, 3.8) is 0 Å². The van der Waals surface area contributed by atoms with Crippen molar-refractivity contribution in [2.45, 2.75) is 180 Å². The molecule has 1 amide bonds. The van der Waals surface area contributed by atoms with Crippen molar-refractivity contribution in [1.29, 1.82) is 0 Å². The highest BCUT2D eigenvalue weighted by Gasteiger charge is 2.53. The standard InChI is InChI=1S/C51H77N5O12/c1-31-17-13-11-10-12-14-18-32(2)45(58)47(66-9)46(59)35(5)25-33(3)41(57)29-43(34(4)26-37-21-23-39(44(27-37)65-8)56-30-52-53-54-56)67-50(62)40-19-15-16-24-55(40)49(61)48(60)51(63)36(6)20-22-38(68-51)28-42(31)64-7/h10-13,17,25,30,32-34,36-40,42-44,46-47,59,63H,14-16,18-24,26-29H2,1-9H3/b12-10+,13-11?,31-17?,35-25+/t32-,33?,34?,36-,37+,38?,39+,40+,42?,43?,44-,46-,47?,51-/m1/s1. The Morgan fingerprint density at radius 3 is 2.35 bits per heavy atom. The van der Waals surface area contributed by atoms with Crippen LogP contribution in [0, 0.1) is 29.6 Å². The minimum absolute atomic E-state index is 0.0504. The van der Waals surface area contributed by atoms with Gasteiger partial charge >= 0.3 is 5.97 Å². The Kier molecular flexibility index (Phi) is 20.5. The molecule has 2 bridgehead atoms. The molecule has 3 aliphatic heterocycles. The summed E-state index contributed by atoms with van der Waals surface area (Å²) in [7, 11) is 4.61. The Balaban J connectivity index is 1.45. The summed E-state index contributed by atoms with van der Waals surface area (Å²) in [6.07, 6.45) is 14.5. The number of ketones is 3. The van der Waals surface area contributed by atoms with Crippen LogP contribution in [-0.2, 0) is 47.7 Å². The highest BCUT2D eigenvalue weighted by atomic mass is 16.6. The van der Waals surface area contributed by atoms with Crippen molar-refractivity contribution in [3.05, 3.63) is 53.9 Å². The number of amides is 1. The number of fused-ring (bicyclic) bond motifs is 3. The molecule has 2 saturated heterocycles. The SMILES string of the molecule is COC1CC2CC[C@@H](C)[C@@](O)(O2)C(=O)C(=O)N2CCCC[C@H]2C(=O)OC(C(C)C[C@@H]2CC[C@H](n3cnnn3)[C@H](OC)C2)CC(=O)C(C)/C=C(\C)[C@@H](O)C(OC)C(=O)[C@H](C)CC/C=C/C=CC=C1C. The number of hydrogen-bond donors (Lipinski definition) is 2. The van der Waals surface area contributed by atoms with E-state index in [0.29, 0.717) is 63.4 Å². The maximum Gasteiger partial charge on any atom is 0.329 e. The van der Waals surface area contributed by atoms with E-state index in [1.807, 2.05) is 51.2 Å². The number of hydrogen-bond acceptors (Lipinski definition) is 15. The second-order valence-corrected chi connectivity index (χ2v) is 19.8. The number of aliphatic hydroxyl groups excluding tert-OH is 1. The number of carbonyl (C=O) groups is 5. The fourth-order valence-electron chi connectivity index (χ4n) is 10.4. The third-order valence-electron chi connectivity index (χ3n) is 14.9. The number of allylic oxidation sites excluding steroid dienone is 6. The Labute approximate surface area is 402 Å². The summed E-state index contributed by atoms with van der Waals surface area (Å²) in [5.41, 5.74) is 1.27. The van der Waals surface area contributed by atoms with Crippen LogP contribution < -0.4 is 0 Å². The van der Waals surface area contributed by atoms with Gasteiger partial charge in [-0.3, -0.25) is 19.2 Å². The Bertz CT molecular complexity index is 1990. The predicted molar refractivity (Wildman–Crippen MR) is 251 cm³/mol. The minimum atomic E-state index is -2.43. The van der Waals surface area contributed by atoms with Crippen molar-refractivity contribution < 1.29 is 57.9 Å². The van der Waals surface area contributed by atoms with Gasteiger partial charge in [-0.05, 0) is 118 Å². The second-order valence-electron chi connectivity index (χ2n) is 19.8. The highest BCUT2D eigenvalue weighted by Crippen LogP contribution is 2.39. The first-order valence-electron chi connectivity index (χ1n) is 24.6. The van der Waals surface area contributed by atoms with E-state index in [9.17, 15) is 34.2 Å². The third-order valence-corrected chi connectivity index (χ3v) is 14.9. The van der Waals surface area contributed by atoms with Gasteiger partial charge in [0.2, 0.25) is 5.79 Å². The molecule has 1 aliphatic carbocycles. The molecule has 4 aliphatic rings. The summed E-state index contributed by atoms with van der Waals surface area (Å²) in [4.78, 5) is 72.1. The Morgan fingerprint density at radius 2 is 1.66 bits per heavy atom. The molecule has 68 heavy (non-hydrogen) atoms. The van der Waals surface area contributed by atoms with Crippen LogP contribution in [-0.4, -0.2) is 141 Å². The van der Waals surface area contributed by atoms with Gasteiger partial charge in [0.25, 0.3) is 11.7 Å². The Hall–Kier alpha value is -4.26. The largest absolute Gasteiger partial charge is 0.460 e. The topological polar surface area (TPSA) is 219 Å². The summed E-state index contributed by atoms with van der Waals surface area (Å²) < 4.78 is 31.5. The first-order chi connectivity index (χ1) is 32.4. The molecule has 3 fully saturated rings. The molecule has 17 nitrogen and oxygen atoms in total. The molecule has 1 aromatic rings. The zero-order valence-electron chi connectivity index (χ0n) is 41.7. The number of rotatable bonds is 7. The summed E-state index contributed by atoms with van der Waals surface area (Å²) in [5.74, 6) is -7.89. The number of methoxy groups -OCH3 is 3. The lowest BCUT2D eigenvalue weighted by atomic mass is 9.77. The minimum Gasteiger partial charge on any atom is -0.460 e. The van der Waals surface area contributed by atoms with E-state index < -0.39 is 77.8 Å². The number of esters is 1. The Morgan fingerprint density at radius 1 is 0.897 bits per heavy atom. The molecule has 0 radical (unpaired) electrons. The van der Waals surface area contributed by atoms with E-state index >= 15 is 0 Å². The molecule has 4 heterocycles. The van der Waals surface area contributed by atoms with Gasteiger partial charge in [-0.1, -0.05) is 64.2 Å². The lowest BCUT2D eigenvalue weighted by Gasteiger charge is -2.42. The van der Waals surface area contributed by atoms with Gasteiger partial charge in [-0.15, -0.1) is 5.10 Å². The quantitative estimate of drug-likeness (QED) is 0.188. The lowest BCUT2D eigenvalue weighted by Crippen LogP contribution is -2.61. The summed E-state index contributed by atoms with van der Waals surface area (Å²) in [5, 5.41) is 35.1. The molecule has 378 valence electrons. The molecule has 0 aromatic carbocycles. The zero-order chi connectivity index (χ0) is 49.7. The molecule has 5 rings (SSSR count). The second kappa shape index (κ2) is 25.6. The van der Waals surface area contributed by atoms with Crippen molar-refractivity contribution in [3.8, 4) is 0 Å². The van der Waals surface area contributed by atoms with Crippen LogP contribution >= 0.6 is 0 Å². The van der Waals surface area contributed by atoms with Crippen LogP contribution in [0.1, 0.15) is 131 Å².